The van der Waals surface area contributed by atoms with Gasteiger partial charge in [-0.3, -0.25) is 9.59 Å². The van der Waals surface area contributed by atoms with Gasteiger partial charge in [0.2, 0.25) is 0 Å². The fraction of sp³-hybridized carbons (Fsp3) is 0.158. The molecule has 0 bridgehead atoms. The van der Waals surface area contributed by atoms with Gasteiger partial charge in [0.15, 0.2) is 11.6 Å². The van der Waals surface area contributed by atoms with E-state index >= 15 is 0 Å². The van der Waals surface area contributed by atoms with E-state index in [2.05, 4.69) is 0 Å². The van der Waals surface area contributed by atoms with Crippen LogP contribution in [0.25, 0.3) is 0 Å². The molecule has 0 unspecified atom stereocenters. The maximum absolute atomic E-state index is 13.2. The second-order valence-electron chi connectivity index (χ2n) is 5.80. The number of Topliss-reactive ketones (excluding diaryl/α,β-unsaturated/α-hetero) is 2. The Hall–Kier alpha value is -2.66. The zero-order valence-corrected chi connectivity index (χ0v) is 14.1. The highest BCUT2D eigenvalue weighted by Crippen LogP contribution is 2.14. The van der Waals surface area contributed by atoms with Crippen LogP contribution in [0.1, 0.15) is 20.7 Å². The van der Waals surface area contributed by atoms with E-state index in [1.54, 1.807) is 47.6 Å². The van der Waals surface area contributed by atoms with E-state index in [1.165, 1.54) is 18.2 Å². The summed E-state index contributed by atoms with van der Waals surface area (Å²) in [5.74, 6) is -0.658. The molecular formula is C19H16ClFN2O2. The van der Waals surface area contributed by atoms with Crippen molar-refractivity contribution in [2.24, 2.45) is 0 Å². The van der Waals surface area contributed by atoms with Crippen LogP contribution in [0.4, 0.5) is 4.39 Å². The quantitative estimate of drug-likeness (QED) is 0.740. The molecule has 0 aromatic heterocycles. The van der Waals surface area contributed by atoms with Gasteiger partial charge in [-0.05, 0) is 24.3 Å². The maximum Gasteiger partial charge on any atom is 0.182 e. The zero-order valence-electron chi connectivity index (χ0n) is 13.4. The summed E-state index contributed by atoms with van der Waals surface area (Å²) in [6.45, 7) is 0.747. The average molecular weight is 359 g/mol. The zero-order chi connectivity index (χ0) is 17.8. The molecule has 0 saturated heterocycles. The van der Waals surface area contributed by atoms with Gasteiger partial charge in [0.1, 0.15) is 5.82 Å². The Balaban J connectivity index is 1.54. The van der Waals surface area contributed by atoms with Gasteiger partial charge < -0.3 is 9.80 Å². The van der Waals surface area contributed by atoms with Crippen molar-refractivity contribution in [3.05, 3.63) is 82.9 Å². The molecule has 0 spiro atoms. The van der Waals surface area contributed by atoms with Crippen molar-refractivity contribution in [3.63, 3.8) is 0 Å². The molecule has 1 aliphatic rings. The molecule has 4 nitrogen and oxygen atoms in total. The van der Waals surface area contributed by atoms with Gasteiger partial charge >= 0.3 is 0 Å². The number of hydrogen-bond donors (Lipinski definition) is 0. The molecule has 128 valence electrons. The van der Waals surface area contributed by atoms with Gasteiger partial charge in [0.05, 0.1) is 19.8 Å². The van der Waals surface area contributed by atoms with Crippen LogP contribution in [0.2, 0.25) is 5.02 Å². The smallest absolute Gasteiger partial charge is 0.182 e. The van der Waals surface area contributed by atoms with Gasteiger partial charge in [-0.2, -0.15) is 0 Å². The van der Waals surface area contributed by atoms with E-state index < -0.39 is 5.82 Å². The van der Waals surface area contributed by atoms with E-state index in [1.807, 2.05) is 4.90 Å². The minimum atomic E-state index is -0.434. The second-order valence-corrected chi connectivity index (χ2v) is 6.24. The van der Waals surface area contributed by atoms with Crippen LogP contribution in [0.15, 0.2) is 60.9 Å². The van der Waals surface area contributed by atoms with Crippen LogP contribution >= 0.6 is 11.6 Å². The molecule has 0 aliphatic carbocycles. The Labute approximate surface area is 150 Å². The number of rotatable bonds is 6. The number of carbonyl (C=O) groups excluding carboxylic acids is 2. The number of nitrogens with zero attached hydrogens (tertiary/aromatic N) is 2. The van der Waals surface area contributed by atoms with Crippen molar-refractivity contribution in [1.82, 2.24) is 9.80 Å². The molecule has 0 N–H and O–H groups in total. The molecule has 2 aromatic carbocycles. The number of benzene rings is 2. The summed E-state index contributed by atoms with van der Waals surface area (Å²) in [6.07, 6.45) is 3.52. The topological polar surface area (TPSA) is 40.6 Å². The maximum atomic E-state index is 13.2. The lowest BCUT2D eigenvalue weighted by atomic mass is 10.1. The summed E-state index contributed by atoms with van der Waals surface area (Å²) in [5, 5.41) is 0.519. The first-order valence-electron chi connectivity index (χ1n) is 7.75. The number of hydrogen-bond acceptors (Lipinski definition) is 4. The fourth-order valence-electron chi connectivity index (χ4n) is 2.60. The van der Waals surface area contributed by atoms with Crippen LogP contribution in [0, 0.1) is 5.82 Å². The minimum absolute atomic E-state index is 0.0505. The molecule has 1 aliphatic heterocycles. The Morgan fingerprint density at radius 1 is 0.920 bits per heavy atom. The highest BCUT2D eigenvalue weighted by molar-refractivity contribution is 6.31. The molecular weight excluding hydrogens is 343 g/mol. The number of halogens is 2. The SMILES string of the molecule is O=C(CN1C=CN(CC(=O)c2cccc(Cl)c2)C1)c1cccc(F)c1. The van der Waals surface area contributed by atoms with E-state index in [0.29, 0.717) is 22.8 Å². The van der Waals surface area contributed by atoms with Gasteiger partial charge in [0, 0.05) is 28.5 Å². The van der Waals surface area contributed by atoms with Crippen molar-refractivity contribution < 1.29 is 14.0 Å². The van der Waals surface area contributed by atoms with Crippen LogP contribution in [0.5, 0.6) is 0 Å². The Kier molecular flexibility index (Phi) is 5.14. The third-order valence-electron chi connectivity index (χ3n) is 3.84. The lowest BCUT2D eigenvalue weighted by Crippen LogP contribution is -2.32. The largest absolute Gasteiger partial charge is 0.351 e. The predicted octanol–water partition coefficient (Wildman–Crippen LogP) is 3.59. The molecule has 6 heteroatoms. The summed E-state index contributed by atoms with van der Waals surface area (Å²) >= 11 is 5.90. The van der Waals surface area contributed by atoms with E-state index in [9.17, 15) is 14.0 Å². The lowest BCUT2D eigenvalue weighted by Gasteiger charge is -2.20. The van der Waals surface area contributed by atoms with Crippen molar-refractivity contribution in [2.75, 3.05) is 19.8 Å². The van der Waals surface area contributed by atoms with Crippen molar-refractivity contribution in [2.45, 2.75) is 0 Å². The van der Waals surface area contributed by atoms with Gasteiger partial charge in [-0.25, -0.2) is 4.39 Å². The van der Waals surface area contributed by atoms with Crippen LogP contribution in [0.3, 0.4) is 0 Å². The van der Waals surface area contributed by atoms with Crippen LogP contribution in [-0.2, 0) is 0 Å². The number of ketones is 2. The van der Waals surface area contributed by atoms with Gasteiger partial charge in [-0.15, -0.1) is 0 Å². The molecule has 0 radical (unpaired) electrons. The summed E-state index contributed by atoms with van der Waals surface area (Å²) in [4.78, 5) is 28.1. The molecule has 0 atom stereocenters. The van der Waals surface area contributed by atoms with Crippen LogP contribution < -0.4 is 0 Å². The predicted molar refractivity (Wildman–Crippen MR) is 93.9 cm³/mol. The first-order valence-corrected chi connectivity index (χ1v) is 8.13. The highest BCUT2D eigenvalue weighted by Gasteiger charge is 2.19. The molecule has 3 rings (SSSR count). The molecule has 25 heavy (non-hydrogen) atoms. The Morgan fingerprint density at radius 3 is 2.04 bits per heavy atom. The Bertz CT molecular complexity index is 770. The monoisotopic (exact) mass is 358 g/mol. The summed E-state index contributed by atoms with van der Waals surface area (Å²) in [5.41, 5.74) is 0.886. The van der Waals surface area contributed by atoms with Crippen molar-refractivity contribution >= 4 is 23.2 Å². The van der Waals surface area contributed by atoms with E-state index in [4.69, 9.17) is 11.6 Å². The summed E-state index contributed by atoms with van der Waals surface area (Å²) in [7, 11) is 0. The van der Waals surface area contributed by atoms with E-state index in [0.717, 1.165) is 0 Å². The first-order chi connectivity index (χ1) is 12.0. The Morgan fingerprint density at radius 2 is 1.48 bits per heavy atom. The highest BCUT2D eigenvalue weighted by atomic mass is 35.5. The molecule has 2 aromatic rings. The molecule has 0 saturated carbocycles. The van der Waals surface area contributed by atoms with Gasteiger partial charge in [0.25, 0.3) is 0 Å². The molecule has 0 fully saturated rings. The lowest BCUT2D eigenvalue weighted by molar-refractivity contribution is 0.0920. The summed E-state index contributed by atoms with van der Waals surface area (Å²) < 4.78 is 13.2. The van der Waals surface area contributed by atoms with E-state index in [-0.39, 0.29) is 24.7 Å². The average Bonchev–Trinajstić information content (AvgIpc) is 3.01. The van der Waals surface area contributed by atoms with Crippen molar-refractivity contribution in [3.8, 4) is 0 Å². The minimum Gasteiger partial charge on any atom is -0.351 e. The summed E-state index contributed by atoms with van der Waals surface area (Å²) in [6, 6.07) is 12.4. The molecule has 1 heterocycles. The molecule has 0 amide bonds. The van der Waals surface area contributed by atoms with Gasteiger partial charge in [-0.1, -0.05) is 35.9 Å². The number of carbonyl (C=O) groups is 2. The van der Waals surface area contributed by atoms with Crippen molar-refractivity contribution in [1.29, 1.82) is 0 Å². The third-order valence-corrected chi connectivity index (χ3v) is 4.07. The fourth-order valence-corrected chi connectivity index (χ4v) is 2.79. The third kappa shape index (κ3) is 4.45. The standard InChI is InChI=1S/C19H16ClFN2O2/c20-16-5-1-3-14(9-16)18(24)11-22-7-8-23(13-22)12-19(25)15-4-2-6-17(21)10-15/h1-10H,11-13H2. The normalized spacial score (nSPS) is 13.4. The van der Waals surface area contributed by atoms with Crippen LogP contribution in [-0.4, -0.2) is 41.1 Å². The second kappa shape index (κ2) is 7.49. The first kappa shape index (κ1) is 17.2.